The monoisotopic (exact) mass is 160 g/mol. The van der Waals surface area contributed by atoms with Crippen molar-refractivity contribution < 1.29 is 4.15 Å². The van der Waals surface area contributed by atoms with E-state index in [2.05, 4.69) is 27.8 Å². The molecule has 2 heteroatoms. The van der Waals surface area contributed by atoms with Gasteiger partial charge in [-0.1, -0.05) is 13.3 Å². The van der Waals surface area contributed by atoms with Gasteiger partial charge in [-0.25, -0.2) is 0 Å². The molecule has 0 fully saturated rings. The Morgan fingerprint density at radius 3 is 2.20 bits per heavy atom. The van der Waals surface area contributed by atoms with Crippen LogP contribution in [0.25, 0.3) is 0 Å². The van der Waals surface area contributed by atoms with Gasteiger partial charge < -0.3 is 4.15 Å². The van der Waals surface area contributed by atoms with E-state index >= 15 is 0 Å². The molecule has 0 saturated carbocycles. The van der Waals surface area contributed by atoms with Crippen LogP contribution >= 0.6 is 0 Å². The Hall–Kier alpha value is 0.177. The Morgan fingerprint density at radius 1 is 1.40 bits per heavy atom. The van der Waals surface area contributed by atoms with Crippen molar-refractivity contribution in [3.05, 3.63) is 0 Å². The van der Waals surface area contributed by atoms with Gasteiger partial charge in [0, 0.05) is 0 Å². The van der Waals surface area contributed by atoms with Crippen LogP contribution in [0.4, 0.5) is 0 Å². The van der Waals surface area contributed by atoms with Crippen molar-refractivity contribution in [2.75, 3.05) is 13.6 Å². The van der Waals surface area contributed by atoms with Crippen LogP contribution in [0, 0.1) is 0 Å². The third-order valence-corrected chi connectivity index (χ3v) is 3.97. The molecule has 0 bridgehead atoms. The average Bonchev–Trinajstić information content (AvgIpc) is 1.84. The third-order valence-electron chi connectivity index (χ3n) is 2.49. The Bertz CT molecular complexity index is 89.3. The highest BCUT2D eigenvalue weighted by molar-refractivity contribution is 5.97. The lowest BCUT2D eigenvalue weighted by atomic mass is 10.3. The van der Waals surface area contributed by atoms with Gasteiger partial charge in [-0.05, 0) is 20.3 Å². The Kier molecular flexibility index (Phi) is 4.21. The summed E-state index contributed by atoms with van der Waals surface area (Å²) in [5, 5.41) is 0. The highest BCUT2D eigenvalue weighted by Gasteiger charge is 2.16. The highest BCUT2D eigenvalue weighted by atomic mass is 28.2. The largest absolute Gasteiger partial charge is 0.391 e. The fourth-order valence-electron chi connectivity index (χ4n) is 0.824. The van der Waals surface area contributed by atoms with E-state index in [9.17, 15) is 0 Å². The van der Waals surface area contributed by atoms with Crippen molar-refractivity contribution in [2.24, 2.45) is 0 Å². The van der Waals surface area contributed by atoms with E-state index in [1.165, 1.54) is 33.9 Å². The predicted octanol–water partition coefficient (Wildman–Crippen LogP) is 0.922. The van der Waals surface area contributed by atoms with Gasteiger partial charge in [0.2, 0.25) is 10.4 Å². The third kappa shape index (κ3) is 3.37. The molecule has 1 atom stereocenters. The fourth-order valence-corrected chi connectivity index (χ4v) is 1.14. The lowest BCUT2D eigenvalue weighted by Crippen LogP contribution is -2.47. The summed E-state index contributed by atoms with van der Waals surface area (Å²) in [6, 6.07) is 0.818. The standard InChI is InChI=1S/C8H22NSi/c1-5-6-7-9(4,10)8(2)3/h8H,5-7H2,1-4,10H3/q+1. The van der Waals surface area contributed by atoms with E-state index in [0.717, 1.165) is 6.04 Å². The summed E-state index contributed by atoms with van der Waals surface area (Å²) >= 11 is 0. The smallest absolute Gasteiger partial charge is 0.239 e. The number of nitrogens with zero attached hydrogens (tertiary/aromatic N) is 1. The number of rotatable bonds is 4. The van der Waals surface area contributed by atoms with Gasteiger partial charge >= 0.3 is 0 Å². The second kappa shape index (κ2) is 4.14. The SMILES string of the molecule is CCCC[N+](C)([SiH3])C(C)C. The zero-order valence-electron chi connectivity index (χ0n) is 8.15. The van der Waals surface area contributed by atoms with E-state index in [4.69, 9.17) is 0 Å². The summed E-state index contributed by atoms with van der Waals surface area (Å²) in [6.07, 6.45) is 2.72. The first-order valence-electron chi connectivity index (χ1n) is 4.33. The van der Waals surface area contributed by atoms with Crippen molar-refractivity contribution >= 4 is 10.4 Å². The van der Waals surface area contributed by atoms with E-state index in [1.807, 2.05) is 0 Å². The van der Waals surface area contributed by atoms with Crippen LogP contribution in [0.15, 0.2) is 0 Å². The number of unbranched alkanes of at least 4 members (excludes halogenated alkanes) is 1. The van der Waals surface area contributed by atoms with Gasteiger partial charge in [-0.15, -0.1) is 0 Å². The summed E-state index contributed by atoms with van der Waals surface area (Å²) in [4.78, 5) is 0. The van der Waals surface area contributed by atoms with Crippen LogP contribution in [-0.2, 0) is 0 Å². The first kappa shape index (κ1) is 10.2. The van der Waals surface area contributed by atoms with Crippen molar-refractivity contribution in [1.82, 2.24) is 0 Å². The van der Waals surface area contributed by atoms with Crippen LogP contribution in [0.5, 0.6) is 0 Å². The fraction of sp³-hybridized carbons (Fsp3) is 1.00. The van der Waals surface area contributed by atoms with E-state index in [1.54, 1.807) is 0 Å². The molecule has 0 aliphatic rings. The second-order valence-electron chi connectivity index (χ2n) is 3.95. The minimum atomic E-state index is 0.818. The molecule has 0 aromatic heterocycles. The van der Waals surface area contributed by atoms with Crippen molar-refractivity contribution in [1.29, 1.82) is 0 Å². The minimum Gasteiger partial charge on any atom is -0.391 e. The second-order valence-corrected chi connectivity index (χ2v) is 5.99. The Labute approximate surface area is 68.5 Å². The highest BCUT2D eigenvalue weighted by Crippen LogP contribution is 2.06. The van der Waals surface area contributed by atoms with Crippen LogP contribution < -0.4 is 0 Å². The number of quaternary nitrogens is 1. The molecule has 1 unspecified atom stereocenters. The summed E-state index contributed by atoms with van der Waals surface area (Å²) in [5.74, 6) is 0. The molecule has 0 N–H and O–H groups in total. The quantitative estimate of drug-likeness (QED) is 0.537. The van der Waals surface area contributed by atoms with E-state index < -0.39 is 0 Å². The lowest BCUT2D eigenvalue weighted by Gasteiger charge is -2.36. The van der Waals surface area contributed by atoms with Gasteiger partial charge in [0.05, 0.1) is 19.6 Å². The van der Waals surface area contributed by atoms with E-state index in [0.29, 0.717) is 0 Å². The topological polar surface area (TPSA) is 0 Å². The van der Waals surface area contributed by atoms with Crippen molar-refractivity contribution in [3.8, 4) is 0 Å². The van der Waals surface area contributed by atoms with Gasteiger partial charge in [-0.2, -0.15) is 0 Å². The predicted molar refractivity (Wildman–Crippen MR) is 51.0 cm³/mol. The molecule has 1 nitrogen and oxygen atoms in total. The Morgan fingerprint density at radius 2 is 1.90 bits per heavy atom. The summed E-state index contributed by atoms with van der Waals surface area (Å²) in [5.41, 5.74) is 0. The number of hydrogen-bond acceptors (Lipinski definition) is 0. The van der Waals surface area contributed by atoms with Crippen LogP contribution in [0.3, 0.4) is 0 Å². The molecule has 0 aromatic carbocycles. The molecule has 0 rings (SSSR count). The summed E-state index contributed by atoms with van der Waals surface area (Å²) < 4.78 is 1.30. The molecule has 0 aromatic rings. The molecule has 0 radical (unpaired) electrons. The summed E-state index contributed by atoms with van der Waals surface area (Å²) in [7, 11) is 3.65. The molecular formula is C8H22NSi+. The minimum absolute atomic E-state index is 0.818. The molecule has 0 aliphatic carbocycles. The van der Waals surface area contributed by atoms with Crippen molar-refractivity contribution in [2.45, 2.75) is 39.7 Å². The average molecular weight is 160 g/mol. The van der Waals surface area contributed by atoms with Gasteiger partial charge in [0.25, 0.3) is 0 Å². The summed E-state index contributed by atoms with van der Waals surface area (Å²) in [6.45, 7) is 8.29. The first-order valence-corrected chi connectivity index (χ1v) is 5.23. The van der Waals surface area contributed by atoms with E-state index in [-0.39, 0.29) is 0 Å². The molecular weight excluding hydrogens is 138 g/mol. The molecule has 62 valence electrons. The molecule has 0 saturated heterocycles. The maximum atomic E-state index is 2.37. The Balaban J connectivity index is 3.63. The molecule has 0 amide bonds. The van der Waals surface area contributed by atoms with Crippen LogP contribution in [0.2, 0.25) is 0 Å². The number of hydrogen-bond donors (Lipinski definition) is 0. The van der Waals surface area contributed by atoms with Crippen LogP contribution in [-0.4, -0.2) is 34.2 Å². The maximum absolute atomic E-state index is 2.37. The van der Waals surface area contributed by atoms with Gasteiger partial charge in [-0.3, -0.25) is 0 Å². The molecule has 0 aliphatic heterocycles. The lowest BCUT2D eigenvalue weighted by molar-refractivity contribution is -0.819. The zero-order chi connectivity index (χ0) is 8.20. The maximum Gasteiger partial charge on any atom is 0.239 e. The van der Waals surface area contributed by atoms with Gasteiger partial charge in [0.1, 0.15) is 0 Å². The van der Waals surface area contributed by atoms with Gasteiger partial charge in [0.15, 0.2) is 0 Å². The van der Waals surface area contributed by atoms with Crippen molar-refractivity contribution in [3.63, 3.8) is 0 Å². The zero-order valence-corrected chi connectivity index (χ0v) is 10.1. The molecule has 10 heavy (non-hydrogen) atoms. The molecule has 0 heterocycles. The first-order chi connectivity index (χ1) is 4.50. The van der Waals surface area contributed by atoms with Crippen LogP contribution in [0.1, 0.15) is 33.6 Å². The normalized spacial score (nSPS) is 17.7. The molecule has 0 spiro atoms.